The van der Waals surface area contributed by atoms with Gasteiger partial charge in [-0.25, -0.2) is 10.1 Å². The van der Waals surface area contributed by atoms with Gasteiger partial charge >= 0.3 is 5.91 Å². The molecule has 1 amide bonds. The molecule has 0 radical (unpaired) electrons. The molecule has 5 nitrogen and oxygen atoms in total. The zero-order chi connectivity index (χ0) is 8.97. The highest BCUT2D eigenvalue weighted by molar-refractivity contribution is 5.93. The Hall–Kier alpha value is -1.91. The Kier molecular flexibility index (Phi) is 2.37. The van der Waals surface area contributed by atoms with Gasteiger partial charge in [0, 0.05) is 5.56 Å². The highest BCUT2D eigenvalue weighted by atomic mass is 16.7. The topological polar surface area (TPSA) is 72.2 Å². The van der Waals surface area contributed by atoms with Crippen LogP contribution in [0.4, 0.5) is 0 Å². The van der Waals surface area contributed by atoms with Crippen molar-refractivity contribution in [3.05, 3.63) is 46.0 Å². The molecule has 0 spiro atoms. The van der Waals surface area contributed by atoms with Crippen molar-refractivity contribution in [1.82, 2.24) is 5.43 Å². The number of nitro groups is 1. The maximum atomic E-state index is 10.9. The predicted molar refractivity (Wildman–Crippen MR) is 40.9 cm³/mol. The highest BCUT2D eigenvalue weighted by Gasteiger charge is 2.08. The van der Waals surface area contributed by atoms with Crippen LogP contribution >= 0.6 is 0 Å². The average Bonchev–Trinajstić information content (AvgIpc) is 2.05. The van der Waals surface area contributed by atoms with E-state index in [1.54, 1.807) is 23.6 Å². The lowest BCUT2D eigenvalue weighted by atomic mass is 10.2. The summed E-state index contributed by atoms with van der Waals surface area (Å²) in [6.07, 6.45) is 0. The minimum absolute atomic E-state index is 0.272. The predicted octanol–water partition coefficient (Wildman–Crippen LogP) is 0.608. The van der Waals surface area contributed by atoms with Crippen molar-refractivity contribution < 1.29 is 9.83 Å². The molecule has 5 heteroatoms. The Morgan fingerprint density at radius 1 is 1.33 bits per heavy atom. The van der Waals surface area contributed by atoms with E-state index in [-0.39, 0.29) is 5.56 Å². The van der Waals surface area contributed by atoms with Gasteiger partial charge in [0.1, 0.15) is 0 Å². The largest absolute Gasteiger partial charge is 0.310 e. The first-order valence-corrected chi connectivity index (χ1v) is 3.20. The van der Waals surface area contributed by atoms with Gasteiger partial charge in [0.15, 0.2) is 5.03 Å². The van der Waals surface area contributed by atoms with Crippen molar-refractivity contribution in [2.45, 2.75) is 0 Å². The van der Waals surface area contributed by atoms with E-state index in [0.29, 0.717) is 0 Å². The second-order valence-electron chi connectivity index (χ2n) is 2.06. The third kappa shape index (κ3) is 2.05. The van der Waals surface area contributed by atoms with Crippen molar-refractivity contribution in [2.75, 3.05) is 0 Å². The molecule has 0 atom stereocenters. The molecule has 0 saturated carbocycles. The van der Waals surface area contributed by atoms with Crippen LogP contribution in [0, 0.1) is 10.1 Å². The molecule has 0 saturated heterocycles. The summed E-state index contributed by atoms with van der Waals surface area (Å²) in [7, 11) is 0. The van der Waals surface area contributed by atoms with E-state index in [2.05, 4.69) is 0 Å². The fraction of sp³-hybridized carbons (Fsp3) is 0. The number of benzene rings is 1. The van der Waals surface area contributed by atoms with Gasteiger partial charge in [0.2, 0.25) is 0 Å². The van der Waals surface area contributed by atoms with E-state index in [4.69, 9.17) is 0 Å². The van der Waals surface area contributed by atoms with E-state index in [9.17, 15) is 14.9 Å². The van der Waals surface area contributed by atoms with Gasteiger partial charge in [0.25, 0.3) is 0 Å². The molecule has 1 aromatic carbocycles. The third-order valence-corrected chi connectivity index (χ3v) is 1.23. The number of hydrazine groups is 1. The molecule has 62 valence electrons. The molecule has 0 heterocycles. The molecular weight excluding hydrogens is 160 g/mol. The Morgan fingerprint density at radius 2 is 1.92 bits per heavy atom. The van der Waals surface area contributed by atoms with Crippen molar-refractivity contribution in [3.8, 4) is 0 Å². The normalized spacial score (nSPS) is 9.00. The van der Waals surface area contributed by atoms with Crippen molar-refractivity contribution in [2.24, 2.45) is 0 Å². The molecule has 1 N–H and O–H groups in total. The molecular formula is C7H6N2O3. The Bertz CT molecular complexity index is 297. The van der Waals surface area contributed by atoms with Gasteiger partial charge in [-0.2, -0.15) is 0 Å². The Labute approximate surface area is 68.1 Å². The number of hydrogen-bond acceptors (Lipinski definition) is 3. The van der Waals surface area contributed by atoms with E-state index < -0.39 is 10.9 Å². The lowest BCUT2D eigenvalue weighted by molar-refractivity contribution is -0.527. The van der Waals surface area contributed by atoms with Crippen LogP contribution in [0.5, 0.6) is 0 Å². The molecule has 0 unspecified atom stereocenters. The molecule has 12 heavy (non-hydrogen) atoms. The number of amides is 1. The smallest absolute Gasteiger partial charge is 0.263 e. The molecule has 0 aromatic heterocycles. The standard InChI is InChI=1S/C7H6N2O3/c10-7(8-9(11)12)6-4-2-1-3-5-6/h1-5H,(H,8,10). The van der Waals surface area contributed by atoms with E-state index in [1.807, 2.05) is 0 Å². The van der Waals surface area contributed by atoms with Crippen LogP contribution in [0.2, 0.25) is 0 Å². The molecule has 0 aliphatic carbocycles. The maximum Gasteiger partial charge on any atom is 0.310 e. The van der Waals surface area contributed by atoms with E-state index >= 15 is 0 Å². The summed E-state index contributed by atoms with van der Waals surface area (Å²) in [5.74, 6) is -0.708. The summed E-state index contributed by atoms with van der Waals surface area (Å²) >= 11 is 0. The van der Waals surface area contributed by atoms with Crippen molar-refractivity contribution in [1.29, 1.82) is 0 Å². The molecule has 0 aliphatic rings. The number of nitrogens with one attached hydrogen (secondary N) is 1. The minimum atomic E-state index is -0.880. The molecule has 0 aliphatic heterocycles. The summed E-state index contributed by atoms with van der Waals surface area (Å²) in [4.78, 5) is 20.8. The van der Waals surface area contributed by atoms with Crippen molar-refractivity contribution >= 4 is 5.91 Å². The minimum Gasteiger partial charge on any atom is -0.263 e. The monoisotopic (exact) mass is 166 g/mol. The van der Waals surface area contributed by atoms with Crippen LogP contribution in [-0.4, -0.2) is 10.9 Å². The fourth-order valence-corrected chi connectivity index (χ4v) is 0.737. The molecule has 0 fully saturated rings. The fourth-order valence-electron chi connectivity index (χ4n) is 0.737. The second kappa shape index (κ2) is 3.47. The van der Waals surface area contributed by atoms with Crippen LogP contribution in [0.1, 0.15) is 10.4 Å². The van der Waals surface area contributed by atoms with Crippen LogP contribution in [-0.2, 0) is 0 Å². The summed E-state index contributed by atoms with van der Waals surface area (Å²) in [5.41, 5.74) is 1.81. The lowest BCUT2D eigenvalue weighted by Crippen LogP contribution is -2.28. The third-order valence-electron chi connectivity index (χ3n) is 1.23. The number of nitrogens with zero attached hydrogens (tertiary/aromatic N) is 1. The Balaban J connectivity index is 2.73. The van der Waals surface area contributed by atoms with Crippen LogP contribution < -0.4 is 5.43 Å². The van der Waals surface area contributed by atoms with Gasteiger partial charge in [0.05, 0.1) is 0 Å². The zero-order valence-electron chi connectivity index (χ0n) is 6.06. The van der Waals surface area contributed by atoms with Gasteiger partial charge in [-0.1, -0.05) is 23.6 Å². The number of carbonyl (C=O) groups excluding carboxylic acids is 1. The van der Waals surface area contributed by atoms with Gasteiger partial charge in [-0.05, 0) is 12.1 Å². The zero-order valence-corrected chi connectivity index (χ0v) is 6.06. The summed E-state index contributed by atoms with van der Waals surface area (Å²) in [5, 5.41) is 8.98. The summed E-state index contributed by atoms with van der Waals surface area (Å²) < 4.78 is 0. The van der Waals surface area contributed by atoms with E-state index in [1.165, 1.54) is 12.1 Å². The first kappa shape index (κ1) is 8.19. The van der Waals surface area contributed by atoms with E-state index in [0.717, 1.165) is 0 Å². The lowest BCUT2D eigenvalue weighted by Gasteiger charge is -1.94. The van der Waals surface area contributed by atoms with Gasteiger partial charge in [-0.15, -0.1) is 0 Å². The molecule has 0 bridgehead atoms. The average molecular weight is 166 g/mol. The first-order valence-electron chi connectivity index (χ1n) is 3.20. The Morgan fingerprint density at radius 3 is 2.42 bits per heavy atom. The van der Waals surface area contributed by atoms with Crippen LogP contribution in [0.3, 0.4) is 0 Å². The first-order chi connectivity index (χ1) is 5.70. The summed E-state index contributed by atoms with van der Waals surface area (Å²) in [6, 6.07) is 7.99. The SMILES string of the molecule is O=C(N[N+](=O)[O-])c1ccccc1. The van der Waals surface area contributed by atoms with Crippen molar-refractivity contribution in [3.63, 3.8) is 0 Å². The summed E-state index contributed by atoms with van der Waals surface area (Å²) in [6.45, 7) is 0. The van der Waals surface area contributed by atoms with Crippen LogP contribution in [0.25, 0.3) is 0 Å². The van der Waals surface area contributed by atoms with Crippen LogP contribution in [0.15, 0.2) is 30.3 Å². The molecule has 1 aromatic rings. The quantitative estimate of drug-likeness (QED) is 0.516. The van der Waals surface area contributed by atoms with Gasteiger partial charge in [-0.3, -0.25) is 4.79 Å². The number of carbonyl (C=O) groups is 1. The molecule has 1 rings (SSSR count). The highest BCUT2D eigenvalue weighted by Crippen LogP contribution is 1.96. The number of rotatable bonds is 2. The van der Waals surface area contributed by atoms with Gasteiger partial charge < -0.3 is 0 Å². The number of hydrogen-bond donors (Lipinski definition) is 1. The second-order valence-corrected chi connectivity index (χ2v) is 2.06. The maximum absolute atomic E-state index is 10.9.